The standard InChI is InChI=1S/C10H14N2O4S/c11-6-3-5(4-12-8(6)10(15)16)9(14)7(13)1-2-17/h3-4,7,9,13-14,17H,1-2,11H2,(H,15,16). The Bertz CT molecular complexity index is 413. The predicted molar refractivity (Wildman–Crippen MR) is 65.0 cm³/mol. The first-order chi connectivity index (χ1) is 7.97. The quantitative estimate of drug-likeness (QED) is 0.477. The number of aromatic nitrogens is 1. The van der Waals surface area contributed by atoms with Crippen molar-refractivity contribution in [2.24, 2.45) is 0 Å². The maximum absolute atomic E-state index is 10.7. The Kier molecular flexibility index (Phi) is 4.73. The number of aliphatic hydroxyl groups excluding tert-OH is 2. The highest BCUT2D eigenvalue weighted by molar-refractivity contribution is 7.80. The second-order valence-electron chi connectivity index (χ2n) is 3.54. The van der Waals surface area contributed by atoms with Crippen LogP contribution in [0.3, 0.4) is 0 Å². The summed E-state index contributed by atoms with van der Waals surface area (Å²) in [5.41, 5.74) is 5.44. The van der Waals surface area contributed by atoms with E-state index in [1.165, 1.54) is 12.3 Å². The maximum Gasteiger partial charge on any atom is 0.356 e. The summed E-state index contributed by atoms with van der Waals surface area (Å²) in [6.45, 7) is 0. The summed E-state index contributed by atoms with van der Waals surface area (Å²) in [6.07, 6.45) is -0.638. The molecular formula is C10H14N2O4S. The van der Waals surface area contributed by atoms with Gasteiger partial charge in [-0.05, 0) is 18.2 Å². The van der Waals surface area contributed by atoms with Gasteiger partial charge in [0.05, 0.1) is 11.8 Å². The van der Waals surface area contributed by atoms with Gasteiger partial charge in [0.25, 0.3) is 0 Å². The van der Waals surface area contributed by atoms with E-state index in [1.54, 1.807) is 0 Å². The van der Waals surface area contributed by atoms with Crippen LogP contribution >= 0.6 is 12.6 Å². The van der Waals surface area contributed by atoms with Gasteiger partial charge in [0.15, 0.2) is 5.69 Å². The van der Waals surface area contributed by atoms with Crippen molar-refractivity contribution < 1.29 is 20.1 Å². The number of pyridine rings is 1. The zero-order valence-electron chi connectivity index (χ0n) is 8.95. The number of nitrogens with two attached hydrogens (primary N) is 1. The van der Waals surface area contributed by atoms with Crippen molar-refractivity contribution >= 4 is 24.3 Å². The van der Waals surface area contributed by atoms with Crippen LogP contribution < -0.4 is 5.73 Å². The largest absolute Gasteiger partial charge is 0.476 e. The van der Waals surface area contributed by atoms with E-state index in [4.69, 9.17) is 10.8 Å². The molecule has 0 aromatic carbocycles. The Morgan fingerprint density at radius 2 is 2.18 bits per heavy atom. The fraction of sp³-hybridized carbons (Fsp3) is 0.400. The van der Waals surface area contributed by atoms with Gasteiger partial charge in [-0.1, -0.05) is 0 Å². The highest BCUT2D eigenvalue weighted by Gasteiger charge is 2.20. The third-order valence-corrected chi connectivity index (χ3v) is 2.53. The minimum atomic E-state index is -1.24. The predicted octanol–water partition coefficient (Wildman–Crippen LogP) is 0.0762. The minimum Gasteiger partial charge on any atom is -0.476 e. The van der Waals surface area contributed by atoms with Gasteiger partial charge in [-0.3, -0.25) is 0 Å². The molecule has 0 aliphatic carbocycles. The van der Waals surface area contributed by atoms with Crippen molar-refractivity contribution in [3.8, 4) is 0 Å². The molecule has 0 aliphatic heterocycles. The molecule has 1 aromatic rings. The van der Waals surface area contributed by atoms with E-state index in [-0.39, 0.29) is 16.9 Å². The summed E-state index contributed by atoms with van der Waals surface area (Å²) in [5, 5.41) is 28.0. The van der Waals surface area contributed by atoms with E-state index < -0.39 is 18.2 Å². The number of carbonyl (C=O) groups is 1. The van der Waals surface area contributed by atoms with Gasteiger partial charge < -0.3 is 21.1 Å². The van der Waals surface area contributed by atoms with Crippen molar-refractivity contribution in [2.75, 3.05) is 11.5 Å². The monoisotopic (exact) mass is 258 g/mol. The average molecular weight is 258 g/mol. The Balaban J connectivity index is 2.93. The molecule has 7 heteroatoms. The number of carboxylic acid groups (broad SMARTS) is 1. The minimum absolute atomic E-state index is 0.0490. The number of thiol groups is 1. The summed E-state index contributed by atoms with van der Waals surface area (Å²) in [4.78, 5) is 14.3. The summed E-state index contributed by atoms with van der Waals surface area (Å²) < 4.78 is 0. The third kappa shape index (κ3) is 3.32. The van der Waals surface area contributed by atoms with Crippen LogP contribution in [0.4, 0.5) is 5.69 Å². The zero-order chi connectivity index (χ0) is 13.0. The number of rotatable bonds is 5. The van der Waals surface area contributed by atoms with Gasteiger partial charge >= 0.3 is 5.97 Å². The zero-order valence-corrected chi connectivity index (χ0v) is 9.84. The molecule has 6 nitrogen and oxygen atoms in total. The van der Waals surface area contributed by atoms with Gasteiger partial charge in [-0.25, -0.2) is 9.78 Å². The van der Waals surface area contributed by atoms with Crippen molar-refractivity contribution in [2.45, 2.75) is 18.6 Å². The molecule has 1 rings (SSSR count). The van der Waals surface area contributed by atoms with Crippen LogP contribution in [-0.2, 0) is 0 Å². The molecule has 0 fully saturated rings. The van der Waals surface area contributed by atoms with Crippen LogP contribution in [0.2, 0.25) is 0 Å². The number of hydrogen-bond donors (Lipinski definition) is 5. The number of nitrogen functional groups attached to an aromatic ring is 1. The fourth-order valence-corrected chi connectivity index (χ4v) is 1.62. The Labute approximate surface area is 104 Å². The number of nitrogens with zero attached hydrogens (tertiary/aromatic N) is 1. The summed E-state index contributed by atoms with van der Waals surface area (Å²) >= 11 is 3.94. The van der Waals surface area contributed by atoms with Crippen molar-refractivity contribution in [1.29, 1.82) is 0 Å². The van der Waals surface area contributed by atoms with Gasteiger partial charge in [0, 0.05) is 11.8 Å². The summed E-state index contributed by atoms with van der Waals surface area (Å²) in [5.74, 6) is -0.812. The molecule has 5 N–H and O–H groups in total. The molecule has 0 radical (unpaired) electrons. The highest BCUT2D eigenvalue weighted by Crippen LogP contribution is 2.21. The van der Waals surface area contributed by atoms with Crippen molar-refractivity contribution in [3.63, 3.8) is 0 Å². The van der Waals surface area contributed by atoms with Crippen LogP contribution in [0.15, 0.2) is 12.3 Å². The molecule has 94 valence electrons. The molecular weight excluding hydrogens is 244 g/mol. The molecule has 0 spiro atoms. The van der Waals surface area contributed by atoms with Crippen LogP contribution in [-0.4, -0.2) is 38.1 Å². The summed E-state index contributed by atoms with van der Waals surface area (Å²) in [6, 6.07) is 1.29. The maximum atomic E-state index is 10.7. The molecule has 0 saturated heterocycles. The Morgan fingerprint density at radius 3 is 2.65 bits per heavy atom. The lowest BCUT2D eigenvalue weighted by atomic mass is 10.0. The van der Waals surface area contributed by atoms with Crippen LogP contribution in [0.5, 0.6) is 0 Å². The van der Waals surface area contributed by atoms with E-state index in [0.717, 1.165) is 0 Å². The number of hydrogen-bond acceptors (Lipinski definition) is 6. The average Bonchev–Trinajstić information content (AvgIpc) is 2.27. The number of aliphatic hydroxyl groups is 2. The SMILES string of the molecule is Nc1cc(C(O)C(O)CCS)cnc1C(=O)O. The third-order valence-electron chi connectivity index (χ3n) is 2.27. The first-order valence-electron chi connectivity index (χ1n) is 4.93. The lowest BCUT2D eigenvalue weighted by molar-refractivity contribution is 0.0170. The molecule has 0 aliphatic rings. The molecule has 1 aromatic heterocycles. The molecule has 0 amide bonds. The van der Waals surface area contributed by atoms with Crippen LogP contribution in [0, 0.1) is 0 Å². The van der Waals surface area contributed by atoms with E-state index in [2.05, 4.69) is 17.6 Å². The van der Waals surface area contributed by atoms with Gasteiger partial charge in [0.2, 0.25) is 0 Å². The van der Waals surface area contributed by atoms with E-state index in [1.807, 2.05) is 0 Å². The molecule has 1 heterocycles. The van der Waals surface area contributed by atoms with Gasteiger partial charge in [0.1, 0.15) is 6.10 Å². The van der Waals surface area contributed by atoms with Crippen molar-refractivity contribution in [3.05, 3.63) is 23.5 Å². The number of carboxylic acids is 1. The topological polar surface area (TPSA) is 117 Å². The van der Waals surface area contributed by atoms with Gasteiger partial charge in [-0.2, -0.15) is 12.6 Å². The Morgan fingerprint density at radius 1 is 1.53 bits per heavy atom. The lowest BCUT2D eigenvalue weighted by Gasteiger charge is -2.17. The van der Waals surface area contributed by atoms with Gasteiger partial charge in [-0.15, -0.1) is 0 Å². The molecule has 17 heavy (non-hydrogen) atoms. The second kappa shape index (κ2) is 5.85. The van der Waals surface area contributed by atoms with E-state index in [0.29, 0.717) is 12.2 Å². The Hall–Kier alpha value is -1.31. The first-order valence-corrected chi connectivity index (χ1v) is 5.56. The fourth-order valence-electron chi connectivity index (χ4n) is 1.35. The smallest absolute Gasteiger partial charge is 0.356 e. The molecule has 2 unspecified atom stereocenters. The summed E-state index contributed by atoms with van der Waals surface area (Å²) in [7, 11) is 0. The second-order valence-corrected chi connectivity index (χ2v) is 3.98. The van der Waals surface area contributed by atoms with Crippen LogP contribution in [0.25, 0.3) is 0 Å². The normalized spacial score (nSPS) is 14.3. The first kappa shape index (κ1) is 13.8. The molecule has 0 bridgehead atoms. The highest BCUT2D eigenvalue weighted by atomic mass is 32.1. The lowest BCUT2D eigenvalue weighted by Crippen LogP contribution is -2.19. The van der Waals surface area contributed by atoms with Crippen molar-refractivity contribution in [1.82, 2.24) is 4.98 Å². The molecule has 2 atom stereocenters. The molecule has 0 saturated carbocycles. The van der Waals surface area contributed by atoms with Crippen LogP contribution in [0.1, 0.15) is 28.6 Å². The number of anilines is 1. The van der Waals surface area contributed by atoms with E-state index in [9.17, 15) is 15.0 Å². The number of aromatic carboxylic acids is 1. The van der Waals surface area contributed by atoms with E-state index >= 15 is 0 Å².